The van der Waals surface area contributed by atoms with Crippen LogP contribution in [0.15, 0.2) is 0 Å². The highest BCUT2D eigenvalue weighted by molar-refractivity contribution is 5.74. The molecule has 0 bridgehead atoms. The van der Waals surface area contributed by atoms with Crippen LogP contribution in [0.5, 0.6) is 0 Å². The number of nitrogens with zero attached hydrogens (tertiary/aromatic N) is 1. The predicted molar refractivity (Wildman–Crippen MR) is 75.3 cm³/mol. The molecule has 0 aromatic carbocycles. The highest BCUT2D eigenvalue weighted by Crippen LogP contribution is 2.20. The highest BCUT2D eigenvalue weighted by atomic mass is 16.5. The minimum Gasteiger partial charge on any atom is -0.469 e. The van der Waals surface area contributed by atoms with Gasteiger partial charge < -0.3 is 19.7 Å². The Morgan fingerprint density at radius 3 is 2.35 bits per heavy atom. The number of amides is 1. The van der Waals surface area contributed by atoms with E-state index in [1.807, 2.05) is 0 Å². The third-order valence-electron chi connectivity index (χ3n) is 3.34. The molecule has 1 amide bonds. The maximum atomic E-state index is 11.7. The number of hydrogen-bond acceptors (Lipinski definition) is 5. The van der Waals surface area contributed by atoms with Crippen LogP contribution in [0.4, 0.5) is 4.79 Å². The van der Waals surface area contributed by atoms with Crippen LogP contribution in [0.25, 0.3) is 0 Å². The summed E-state index contributed by atoms with van der Waals surface area (Å²) in [5.74, 6) is -0.577. The Kier molecular flexibility index (Phi) is 5.80. The monoisotopic (exact) mass is 286 g/mol. The van der Waals surface area contributed by atoms with Crippen molar-refractivity contribution in [3.8, 4) is 0 Å². The van der Waals surface area contributed by atoms with Gasteiger partial charge in [0.15, 0.2) is 0 Å². The summed E-state index contributed by atoms with van der Waals surface area (Å²) in [6.45, 7) is 8.14. The molecule has 0 aromatic rings. The summed E-state index contributed by atoms with van der Waals surface area (Å²) < 4.78 is 9.55. The first-order valence-electron chi connectivity index (χ1n) is 6.91. The maximum absolute atomic E-state index is 11.7. The average molecular weight is 286 g/mol. The fraction of sp³-hybridized carbons (Fsp3) is 0.857. The molecule has 6 heteroatoms. The van der Waals surface area contributed by atoms with Gasteiger partial charge >= 0.3 is 12.1 Å². The lowest BCUT2D eigenvalue weighted by Crippen LogP contribution is -2.54. The fourth-order valence-electron chi connectivity index (χ4n) is 2.31. The van der Waals surface area contributed by atoms with E-state index in [4.69, 9.17) is 9.47 Å². The molecule has 0 radical (unpaired) electrons. The van der Waals surface area contributed by atoms with Crippen LogP contribution in [-0.4, -0.2) is 56.9 Å². The van der Waals surface area contributed by atoms with Crippen LogP contribution in [-0.2, 0) is 14.3 Å². The molecule has 1 aliphatic heterocycles. The smallest absolute Gasteiger partial charge is 0.409 e. The average Bonchev–Trinajstić information content (AvgIpc) is 2.42. The van der Waals surface area contributed by atoms with E-state index in [0.29, 0.717) is 19.5 Å². The second-order valence-corrected chi connectivity index (χ2v) is 6.47. The molecular weight excluding hydrogens is 260 g/mol. The third kappa shape index (κ3) is 5.00. The van der Waals surface area contributed by atoms with Gasteiger partial charge in [-0.05, 0) is 11.8 Å². The lowest BCUT2D eigenvalue weighted by Gasteiger charge is -2.37. The maximum Gasteiger partial charge on any atom is 0.409 e. The molecule has 116 valence electrons. The second kappa shape index (κ2) is 6.92. The topological polar surface area (TPSA) is 67.9 Å². The van der Waals surface area contributed by atoms with Crippen LogP contribution in [0.1, 0.15) is 27.2 Å². The van der Waals surface area contributed by atoms with Crippen LogP contribution < -0.4 is 5.32 Å². The standard InChI is InChI=1S/C14H26N2O4/c1-14(2,3)9-15-11-6-10(12(17)19-4)7-16(8-11)13(18)20-5/h10-11,15H,6-9H2,1-5H3. The highest BCUT2D eigenvalue weighted by Gasteiger charge is 2.35. The van der Waals surface area contributed by atoms with Gasteiger partial charge in [0.1, 0.15) is 0 Å². The van der Waals surface area contributed by atoms with Crippen molar-refractivity contribution in [3.63, 3.8) is 0 Å². The lowest BCUT2D eigenvalue weighted by atomic mass is 9.92. The van der Waals surface area contributed by atoms with E-state index in [1.54, 1.807) is 4.90 Å². The molecule has 2 atom stereocenters. The normalized spacial score (nSPS) is 23.4. The second-order valence-electron chi connectivity index (χ2n) is 6.47. The fourth-order valence-corrected chi connectivity index (χ4v) is 2.31. The van der Waals surface area contributed by atoms with Crippen molar-refractivity contribution < 1.29 is 19.1 Å². The molecule has 1 rings (SSSR count). The summed E-state index contributed by atoms with van der Waals surface area (Å²) in [4.78, 5) is 25.0. The summed E-state index contributed by atoms with van der Waals surface area (Å²) in [6.07, 6.45) is 0.275. The number of nitrogens with one attached hydrogen (secondary N) is 1. The Balaban J connectivity index is 2.69. The van der Waals surface area contributed by atoms with E-state index in [-0.39, 0.29) is 23.3 Å². The van der Waals surface area contributed by atoms with Gasteiger partial charge in [-0.3, -0.25) is 4.79 Å². The van der Waals surface area contributed by atoms with Crippen molar-refractivity contribution >= 4 is 12.1 Å². The van der Waals surface area contributed by atoms with E-state index < -0.39 is 6.09 Å². The molecule has 1 aliphatic rings. The van der Waals surface area contributed by atoms with Gasteiger partial charge in [-0.2, -0.15) is 0 Å². The largest absolute Gasteiger partial charge is 0.469 e. The first-order valence-corrected chi connectivity index (χ1v) is 6.91. The summed E-state index contributed by atoms with van der Waals surface area (Å²) in [7, 11) is 2.72. The molecule has 0 aliphatic carbocycles. The first-order chi connectivity index (χ1) is 9.26. The van der Waals surface area contributed by atoms with Crippen molar-refractivity contribution in [1.29, 1.82) is 0 Å². The number of methoxy groups -OCH3 is 2. The van der Waals surface area contributed by atoms with E-state index in [0.717, 1.165) is 6.54 Å². The van der Waals surface area contributed by atoms with Gasteiger partial charge in [0.05, 0.1) is 20.1 Å². The van der Waals surface area contributed by atoms with Gasteiger partial charge in [-0.1, -0.05) is 20.8 Å². The quantitative estimate of drug-likeness (QED) is 0.791. The van der Waals surface area contributed by atoms with Gasteiger partial charge in [0.2, 0.25) is 0 Å². The van der Waals surface area contributed by atoms with E-state index in [9.17, 15) is 9.59 Å². The van der Waals surface area contributed by atoms with Crippen LogP contribution in [0.3, 0.4) is 0 Å². The van der Waals surface area contributed by atoms with Crippen molar-refractivity contribution in [2.75, 3.05) is 33.9 Å². The molecular formula is C14H26N2O4. The van der Waals surface area contributed by atoms with Gasteiger partial charge in [0, 0.05) is 25.7 Å². The van der Waals surface area contributed by atoms with Gasteiger partial charge in [0.25, 0.3) is 0 Å². The molecule has 1 N–H and O–H groups in total. The Labute approximate surface area is 120 Å². The van der Waals surface area contributed by atoms with Crippen molar-refractivity contribution in [2.24, 2.45) is 11.3 Å². The van der Waals surface area contributed by atoms with Crippen molar-refractivity contribution in [1.82, 2.24) is 10.2 Å². The minimum atomic E-state index is -0.402. The number of rotatable bonds is 3. The summed E-state index contributed by atoms with van der Waals surface area (Å²) >= 11 is 0. The van der Waals surface area contributed by atoms with Crippen molar-refractivity contribution in [2.45, 2.75) is 33.2 Å². The molecule has 0 aromatic heterocycles. The lowest BCUT2D eigenvalue weighted by molar-refractivity contribution is -0.147. The van der Waals surface area contributed by atoms with Gasteiger partial charge in [-0.15, -0.1) is 0 Å². The molecule has 1 heterocycles. The van der Waals surface area contributed by atoms with Crippen molar-refractivity contribution in [3.05, 3.63) is 0 Å². The number of likely N-dealkylation sites (tertiary alicyclic amines) is 1. The zero-order valence-electron chi connectivity index (χ0n) is 13.1. The van der Waals surface area contributed by atoms with Gasteiger partial charge in [-0.25, -0.2) is 4.79 Å². The Hall–Kier alpha value is -1.30. The number of carbonyl (C=O) groups is 2. The number of hydrogen-bond donors (Lipinski definition) is 1. The minimum absolute atomic E-state index is 0.0752. The van der Waals surface area contributed by atoms with E-state index >= 15 is 0 Å². The van der Waals surface area contributed by atoms with Crippen LogP contribution in [0.2, 0.25) is 0 Å². The third-order valence-corrected chi connectivity index (χ3v) is 3.34. The number of carbonyl (C=O) groups excluding carboxylic acids is 2. The Bertz CT molecular complexity index is 328. The van der Waals surface area contributed by atoms with E-state index in [2.05, 4.69) is 26.1 Å². The zero-order chi connectivity index (χ0) is 15.3. The molecule has 0 saturated carbocycles. The summed E-state index contributed by atoms with van der Waals surface area (Å²) in [6, 6.07) is 0.0752. The summed E-state index contributed by atoms with van der Waals surface area (Å²) in [5, 5.41) is 3.42. The van der Waals surface area contributed by atoms with E-state index in [1.165, 1.54) is 14.2 Å². The predicted octanol–water partition coefficient (Wildman–Crippen LogP) is 1.25. The molecule has 2 unspecified atom stereocenters. The van der Waals surface area contributed by atoms with Crippen LogP contribution >= 0.6 is 0 Å². The SMILES string of the molecule is COC(=O)C1CC(NCC(C)(C)C)CN(C(=O)OC)C1. The van der Waals surface area contributed by atoms with Crippen LogP contribution in [0, 0.1) is 11.3 Å². The first kappa shape index (κ1) is 16.8. The Morgan fingerprint density at radius 1 is 1.20 bits per heavy atom. The molecule has 0 spiro atoms. The molecule has 1 saturated heterocycles. The Morgan fingerprint density at radius 2 is 1.85 bits per heavy atom. The number of piperidine rings is 1. The molecule has 20 heavy (non-hydrogen) atoms. The molecule has 6 nitrogen and oxygen atoms in total. The molecule has 1 fully saturated rings. The number of esters is 1. The summed E-state index contributed by atoms with van der Waals surface area (Å²) in [5.41, 5.74) is 0.147. The number of ether oxygens (including phenoxy) is 2. The zero-order valence-corrected chi connectivity index (χ0v) is 13.1.